The largest absolute Gasteiger partial charge is 0.495 e. The van der Waals surface area contributed by atoms with Gasteiger partial charge in [-0.3, -0.25) is 0 Å². The molecule has 0 spiro atoms. The summed E-state index contributed by atoms with van der Waals surface area (Å²) < 4.78 is 28.2. The fraction of sp³-hybridized carbons (Fsp3) is 0.286. The maximum absolute atomic E-state index is 11.5. The molecule has 114 valence electrons. The maximum atomic E-state index is 11.5. The van der Waals surface area contributed by atoms with E-state index >= 15 is 0 Å². The quantitative estimate of drug-likeness (QED) is 0.885. The topological polar surface area (TPSA) is 81.4 Å². The van der Waals surface area contributed by atoms with Crippen LogP contribution in [0.25, 0.3) is 0 Å². The minimum atomic E-state index is -3.74. The Hall–Kier alpha value is -1.57. The molecule has 0 amide bonds. The minimum absolute atomic E-state index is 0.0367. The van der Waals surface area contributed by atoms with E-state index in [1.165, 1.54) is 29.7 Å². The number of aryl methyl sites for hydroxylation is 1. The Labute approximate surface area is 128 Å². The average molecular weight is 326 g/mol. The van der Waals surface area contributed by atoms with Gasteiger partial charge in [0, 0.05) is 4.88 Å². The lowest BCUT2D eigenvalue weighted by Crippen LogP contribution is -2.13. The van der Waals surface area contributed by atoms with Crippen molar-refractivity contribution in [2.75, 3.05) is 12.4 Å². The molecular weight excluding hydrogens is 308 g/mol. The molecule has 0 aliphatic carbocycles. The molecule has 1 heterocycles. The summed E-state index contributed by atoms with van der Waals surface area (Å²) in [7, 11) is -2.20. The molecule has 1 aromatic heterocycles. The number of sulfonamides is 1. The van der Waals surface area contributed by atoms with E-state index < -0.39 is 10.0 Å². The second-order valence-electron chi connectivity index (χ2n) is 4.74. The monoisotopic (exact) mass is 326 g/mol. The van der Waals surface area contributed by atoms with Gasteiger partial charge in [-0.1, -0.05) is 0 Å². The summed E-state index contributed by atoms with van der Waals surface area (Å²) in [5.41, 5.74) is 1.80. The lowest BCUT2D eigenvalue weighted by molar-refractivity contribution is 0.415. The first-order chi connectivity index (χ1) is 9.82. The number of nitrogens with one attached hydrogen (secondary N) is 1. The van der Waals surface area contributed by atoms with Crippen LogP contribution in [-0.2, 0) is 10.0 Å². The van der Waals surface area contributed by atoms with Crippen LogP contribution < -0.4 is 15.2 Å². The Morgan fingerprint density at radius 2 is 2.05 bits per heavy atom. The first kappa shape index (κ1) is 15.8. The summed E-state index contributed by atoms with van der Waals surface area (Å²) >= 11 is 1.65. The molecule has 2 rings (SSSR count). The van der Waals surface area contributed by atoms with Crippen molar-refractivity contribution in [1.82, 2.24) is 0 Å². The third kappa shape index (κ3) is 3.55. The van der Waals surface area contributed by atoms with E-state index in [2.05, 4.69) is 11.4 Å². The zero-order valence-electron chi connectivity index (χ0n) is 12.1. The molecule has 0 fully saturated rings. The Balaban J connectivity index is 2.36. The van der Waals surface area contributed by atoms with Crippen LogP contribution in [0, 0.1) is 6.92 Å². The van der Waals surface area contributed by atoms with Gasteiger partial charge in [-0.15, -0.1) is 11.3 Å². The molecule has 0 aliphatic rings. The van der Waals surface area contributed by atoms with E-state index in [1.54, 1.807) is 17.4 Å². The number of ether oxygens (including phenoxy) is 1. The Morgan fingerprint density at radius 1 is 1.33 bits per heavy atom. The van der Waals surface area contributed by atoms with Crippen LogP contribution in [0.15, 0.2) is 34.5 Å². The van der Waals surface area contributed by atoms with Crippen molar-refractivity contribution in [1.29, 1.82) is 0 Å². The second-order valence-corrected chi connectivity index (χ2v) is 7.25. The number of methoxy groups -OCH3 is 1. The number of primary sulfonamides is 1. The minimum Gasteiger partial charge on any atom is -0.495 e. The summed E-state index contributed by atoms with van der Waals surface area (Å²) in [6.45, 7) is 4.06. The standard InChI is InChI=1S/C14H18N2O3S2/c1-9-6-7-20-14(9)10(2)16-12-8-11(21(15,17)18)4-5-13(12)19-3/h4-8,10,16H,1-3H3,(H2,15,17,18). The van der Waals surface area contributed by atoms with Crippen LogP contribution in [0.2, 0.25) is 0 Å². The highest BCUT2D eigenvalue weighted by atomic mass is 32.2. The maximum Gasteiger partial charge on any atom is 0.238 e. The second kappa shape index (κ2) is 6.05. The third-order valence-electron chi connectivity index (χ3n) is 3.17. The molecule has 21 heavy (non-hydrogen) atoms. The molecule has 0 aliphatic heterocycles. The van der Waals surface area contributed by atoms with Gasteiger partial charge in [0.15, 0.2) is 0 Å². The van der Waals surface area contributed by atoms with Gasteiger partial charge in [0.2, 0.25) is 10.0 Å². The fourth-order valence-electron chi connectivity index (χ4n) is 2.10. The number of rotatable bonds is 5. The van der Waals surface area contributed by atoms with Crippen molar-refractivity contribution in [3.05, 3.63) is 40.1 Å². The number of hydrogen-bond donors (Lipinski definition) is 2. The van der Waals surface area contributed by atoms with Gasteiger partial charge in [-0.05, 0) is 49.1 Å². The zero-order valence-corrected chi connectivity index (χ0v) is 13.7. The summed E-state index contributed by atoms with van der Waals surface area (Å²) in [5, 5.41) is 10.5. The number of anilines is 1. The average Bonchev–Trinajstić information content (AvgIpc) is 2.84. The van der Waals surface area contributed by atoms with Crippen molar-refractivity contribution in [3.8, 4) is 5.75 Å². The molecule has 2 aromatic rings. The van der Waals surface area contributed by atoms with Gasteiger partial charge < -0.3 is 10.1 Å². The van der Waals surface area contributed by atoms with E-state index in [9.17, 15) is 8.42 Å². The SMILES string of the molecule is COc1ccc(S(N)(=O)=O)cc1NC(C)c1sccc1C. The highest BCUT2D eigenvalue weighted by Crippen LogP contribution is 2.32. The Morgan fingerprint density at radius 3 is 2.57 bits per heavy atom. The summed E-state index contributed by atoms with van der Waals surface area (Å²) in [6.07, 6.45) is 0. The molecule has 7 heteroatoms. The third-order valence-corrected chi connectivity index (χ3v) is 5.28. The molecule has 0 saturated carbocycles. The molecule has 5 nitrogen and oxygen atoms in total. The first-order valence-electron chi connectivity index (χ1n) is 6.34. The van der Waals surface area contributed by atoms with Crippen LogP contribution >= 0.6 is 11.3 Å². The summed E-state index contributed by atoms with van der Waals surface area (Å²) in [6, 6.07) is 6.61. The van der Waals surface area contributed by atoms with E-state index in [0.717, 1.165) is 0 Å². The number of nitrogens with two attached hydrogens (primary N) is 1. The van der Waals surface area contributed by atoms with Gasteiger partial charge in [0.1, 0.15) is 5.75 Å². The molecule has 0 bridgehead atoms. The van der Waals surface area contributed by atoms with Crippen LogP contribution in [-0.4, -0.2) is 15.5 Å². The first-order valence-corrected chi connectivity index (χ1v) is 8.77. The van der Waals surface area contributed by atoms with Crippen molar-refractivity contribution in [2.45, 2.75) is 24.8 Å². The van der Waals surface area contributed by atoms with Gasteiger partial charge in [0.05, 0.1) is 23.7 Å². The highest BCUT2D eigenvalue weighted by molar-refractivity contribution is 7.89. The van der Waals surface area contributed by atoms with Gasteiger partial charge >= 0.3 is 0 Å². The predicted octanol–water partition coefficient (Wildman–Crippen LogP) is 2.89. The Kier molecular flexibility index (Phi) is 4.55. The molecule has 0 radical (unpaired) electrons. The van der Waals surface area contributed by atoms with E-state index in [1.807, 2.05) is 19.2 Å². The molecule has 1 aromatic carbocycles. The van der Waals surface area contributed by atoms with Crippen molar-refractivity contribution < 1.29 is 13.2 Å². The lowest BCUT2D eigenvalue weighted by atomic mass is 10.2. The van der Waals surface area contributed by atoms with E-state index in [0.29, 0.717) is 11.4 Å². The predicted molar refractivity (Wildman–Crippen MR) is 85.5 cm³/mol. The zero-order chi connectivity index (χ0) is 15.6. The van der Waals surface area contributed by atoms with E-state index in [-0.39, 0.29) is 10.9 Å². The normalized spacial score (nSPS) is 13.0. The van der Waals surface area contributed by atoms with Crippen LogP contribution in [0.1, 0.15) is 23.4 Å². The molecule has 3 N–H and O–H groups in total. The van der Waals surface area contributed by atoms with Crippen molar-refractivity contribution >= 4 is 27.0 Å². The van der Waals surface area contributed by atoms with Crippen LogP contribution in [0.4, 0.5) is 5.69 Å². The molecule has 1 unspecified atom stereocenters. The summed E-state index contributed by atoms with van der Waals surface area (Å²) in [5.74, 6) is 0.573. The summed E-state index contributed by atoms with van der Waals surface area (Å²) in [4.78, 5) is 1.25. The van der Waals surface area contributed by atoms with Crippen molar-refractivity contribution in [3.63, 3.8) is 0 Å². The smallest absolute Gasteiger partial charge is 0.238 e. The fourth-order valence-corrected chi connectivity index (χ4v) is 3.58. The molecular formula is C14H18N2O3S2. The van der Waals surface area contributed by atoms with Crippen LogP contribution in [0.5, 0.6) is 5.75 Å². The number of benzene rings is 1. The van der Waals surface area contributed by atoms with Gasteiger partial charge in [-0.2, -0.15) is 0 Å². The molecule has 0 saturated heterocycles. The lowest BCUT2D eigenvalue weighted by Gasteiger charge is -2.18. The number of hydrogen-bond acceptors (Lipinski definition) is 5. The van der Waals surface area contributed by atoms with Gasteiger partial charge in [0.25, 0.3) is 0 Å². The molecule has 1 atom stereocenters. The van der Waals surface area contributed by atoms with E-state index in [4.69, 9.17) is 9.88 Å². The highest BCUT2D eigenvalue weighted by Gasteiger charge is 2.15. The number of thiophene rings is 1. The van der Waals surface area contributed by atoms with Gasteiger partial charge in [-0.25, -0.2) is 13.6 Å². The van der Waals surface area contributed by atoms with Crippen LogP contribution in [0.3, 0.4) is 0 Å². The van der Waals surface area contributed by atoms with Crippen molar-refractivity contribution in [2.24, 2.45) is 5.14 Å². The Bertz CT molecular complexity index is 738.